The first-order chi connectivity index (χ1) is 7.72. The Morgan fingerprint density at radius 2 is 2.38 bits per heavy atom. The Bertz CT molecular complexity index is 480. The van der Waals surface area contributed by atoms with Crippen molar-refractivity contribution in [3.05, 3.63) is 29.9 Å². The minimum absolute atomic E-state index is 0.127. The van der Waals surface area contributed by atoms with Gasteiger partial charge in [-0.1, -0.05) is 0 Å². The SMILES string of the molecule is COC(CN)Cc1nc2ccc(F)cc2o1. The molecule has 1 heterocycles. The molecule has 4 nitrogen and oxygen atoms in total. The number of fused-ring (bicyclic) bond motifs is 1. The first-order valence-corrected chi connectivity index (χ1v) is 5.00. The van der Waals surface area contributed by atoms with Crippen LogP contribution in [0.5, 0.6) is 0 Å². The van der Waals surface area contributed by atoms with E-state index in [0.717, 1.165) is 0 Å². The van der Waals surface area contributed by atoms with Crippen molar-refractivity contribution in [1.82, 2.24) is 4.98 Å². The highest BCUT2D eigenvalue weighted by molar-refractivity contribution is 5.72. The fourth-order valence-electron chi connectivity index (χ4n) is 1.49. The number of rotatable bonds is 4. The summed E-state index contributed by atoms with van der Waals surface area (Å²) in [4.78, 5) is 4.22. The van der Waals surface area contributed by atoms with Gasteiger partial charge in [0.2, 0.25) is 0 Å². The van der Waals surface area contributed by atoms with Crippen molar-refractivity contribution < 1.29 is 13.5 Å². The standard InChI is InChI=1S/C11H13FN2O2/c1-15-8(6-13)5-11-14-9-3-2-7(12)4-10(9)16-11/h2-4,8H,5-6,13H2,1H3. The van der Waals surface area contributed by atoms with E-state index in [-0.39, 0.29) is 11.9 Å². The topological polar surface area (TPSA) is 61.3 Å². The van der Waals surface area contributed by atoms with E-state index in [1.165, 1.54) is 12.1 Å². The molecule has 0 aliphatic carbocycles. The highest BCUT2D eigenvalue weighted by Crippen LogP contribution is 2.17. The molecule has 2 aromatic rings. The van der Waals surface area contributed by atoms with Crippen molar-refractivity contribution >= 4 is 11.1 Å². The molecule has 16 heavy (non-hydrogen) atoms. The molecule has 0 spiro atoms. The van der Waals surface area contributed by atoms with Gasteiger partial charge in [0.1, 0.15) is 11.3 Å². The lowest BCUT2D eigenvalue weighted by Crippen LogP contribution is -2.24. The van der Waals surface area contributed by atoms with Crippen LogP contribution in [0.3, 0.4) is 0 Å². The molecular weight excluding hydrogens is 211 g/mol. The summed E-state index contributed by atoms with van der Waals surface area (Å²) in [5.74, 6) is 0.176. The van der Waals surface area contributed by atoms with Crippen LogP contribution in [-0.4, -0.2) is 24.7 Å². The zero-order chi connectivity index (χ0) is 11.5. The van der Waals surface area contributed by atoms with Crippen molar-refractivity contribution in [1.29, 1.82) is 0 Å². The summed E-state index contributed by atoms with van der Waals surface area (Å²) in [6, 6.07) is 4.25. The highest BCUT2D eigenvalue weighted by atomic mass is 19.1. The average molecular weight is 224 g/mol. The lowest BCUT2D eigenvalue weighted by Gasteiger charge is -2.09. The van der Waals surface area contributed by atoms with Gasteiger partial charge >= 0.3 is 0 Å². The Kier molecular flexibility index (Phi) is 3.17. The lowest BCUT2D eigenvalue weighted by atomic mass is 10.2. The lowest BCUT2D eigenvalue weighted by molar-refractivity contribution is 0.104. The zero-order valence-corrected chi connectivity index (χ0v) is 8.94. The van der Waals surface area contributed by atoms with Gasteiger partial charge < -0.3 is 14.9 Å². The van der Waals surface area contributed by atoms with E-state index in [1.54, 1.807) is 13.2 Å². The average Bonchev–Trinajstić information content (AvgIpc) is 2.67. The van der Waals surface area contributed by atoms with Gasteiger partial charge in [-0.05, 0) is 12.1 Å². The third-order valence-electron chi connectivity index (χ3n) is 2.39. The molecule has 86 valence electrons. The van der Waals surface area contributed by atoms with E-state index in [4.69, 9.17) is 14.9 Å². The van der Waals surface area contributed by atoms with Gasteiger partial charge in [0.15, 0.2) is 11.5 Å². The fourth-order valence-corrected chi connectivity index (χ4v) is 1.49. The van der Waals surface area contributed by atoms with Crippen LogP contribution in [0.25, 0.3) is 11.1 Å². The first-order valence-electron chi connectivity index (χ1n) is 5.00. The number of hydrogen-bond acceptors (Lipinski definition) is 4. The van der Waals surface area contributed by atoms with E-state index in [1.807, 2.05) is 0 Å². The van der Waals surface area contributed by atoms with Crippen LogP contribution in [0.1, 0.15) is 5.89 Å². The van der Waals surface area contributed by atoms with Crippen LogP contribution < -0.4 is 5.73 Å². The normalized spacial score (nSPS) is 13.2. The molecular formula is C11H13FN2O2. The Balaban J connectivity index is 2.25. The van der Waals surface area contributed by atoms with Crippen molar-refractivity contribution in [3.63, 3.8) is 0 Å². The summed E-state index contributed by atoms with van der Waals surface area (Å²) < 4.78 is 23.4. The molecule has 1 atom stereocenters. The monoisotopic (exact) mass is 224 g/mol. The smallest absolute Gasteiger partial charge is 0.198 e. The van der Waals surface area contributed by atoms with Crippen LogP contribution in [0.4, 0.5) is 4.39 Å². The van der Waals surface area contributed by atoms with E-state index in [9.17, 15) is 4.39 Å². The van der Waals surface area contributed by atoms with Gasteiger partial charge in [0, 0.05) is 19.7 Å². The molecule has 2 N–H and O–H groups in total. The number of ether oxygens (including phenoxy) is 1. The number of oxazole rings is 1. The Hall–Kier alpha value is -1.46. The molecule has 0 saturated heterocycles. The molecule has 2 rings (SSSR count). The van der Waals surface area contributed by atoms with Crippen LogP contribution in [0, 0.1) is 5.82 Å². The number of methoxy groups -OCH3 is 1. The Labute approximate surface area is 92.2 Å². The van der Waals surface area contributed by atoms with Gasteiger partial charge in [-0.25, -0.2) is 9.37 Å². The van der Waals surface area contributed by atoms with Crippen molar-refractivity contribution in [2.45, 2.75) is 12.5 Å². The van der Waals surface area contributed by atoms with E-state index < -0.39 is 0 Å². The van der Waals surface area contributed by atoms with Crippen molar-refractivity contribution in [3.8, 4) is 0 Å². The van der Waals surface area contributed by atoms with Crippen LogP contribution in [-0.2, 0) is 11.2 Å². The zero-order valence-electron chi connectivity index (χ0n) is 8.94. The summed E-state index contributed by atoms with van der Waals surface area (Å²) in [6.45, 7) is 0.392. The summed E-state index contributed by atoms with van der Waals surface area (Å²) in [6.07, 6.45) is 0.362. The number of benzene rings is 1. The molecule has 0 saturated carbocycles. The Morgan fingerprint density at radius 3 is 3.06 bits per heavy atom. The van der Waals surface area contributed by atoms with Gasteiger partial charge in [0.05, 0.1) is 12.5 Å². The van der Waals surface area contributed by atoms with Gasteiger partial charge in [-0.15, -0.1) is 0 Å². The third-order valence-corrected chi connectivity index (χ3v) is 2.39. The molecule has 5 heteroatoms. The van der Waals surface area contributed by atoms with E-state index in [0.29, 0.717) is 30.0 Å². The maximum Gasteiger partial charge on any atom is 0.198 e. The number of nitrogens with zero attached hydrogens (tertiary/aromatic N) is 1. The number of halogens is 1. The van der Waals surface area contributed by atoms with Crippen LogP contribution >= 0.6 is 0 Å². The van der Waals surface area contributed by atoms with Crippen molar-refractivity contribution in [2.24, 2.45) is 5.73 Å². The molecule has 0 radical (unpaired) electrons. The molecule has 1 aromatic carbocycles. The second-order valence-corrected chi connectivity index (χ2v) is 3.52. The first kappa shape index (κ1) is 11.0. The summed E-state index contributed by atoms with van der Waals surface area (Å²) in [5.41, 5.74) is 6.58. The maximum atomic E-state index is 12.9. The van der Waals surface area contributed by atoms with Gasteiger partial charge in [0.25, 0.3) is 0 Å². The second-order valence-electron chi connectivity index (χ2n) is 3.52. The minimum atomic E-state index is -0.336. The minimum Gasteiger partial charge on any atom is -0.440 e. The highest BCUT2D eigenvalue weighted by Gasteiger charge is 2.12. The molecule has 1 unspecified atom stereocenters. The van der Waals surface area contributed by atoms with Crippen LogP contribution in [0.15, 0.2) is 22.6 Å². The predicted molar refractivity (Wildman–Crippen MR) is 57.5 cm³/mol. The van der Waals surface area contributed by atoms with E-state index in [2.05, 4.69) is 4.98 Å². The maximum absolute atomic E-state index is 12.9. The molecule has 0 aliphatic rings. The van der Waals surface area contributed by atoms with Gasteiger partial charge in [-0.2, -0.15) is 0 Å². The molecule has 0 amide bonds. The molecule has 0 bridgehead atoms. The summed E-state index contributed by atoms with van der Waals surface area (Å²) in [7, 11) is 1.58. The quantitative estimate of drug-likeness (QED) is 0.854. The van der Waals surface area contributed by atoms with Crippen LogP contribution in [0.2, 0.25) is 0 Å². The number of aromatic nitrogens is 1. The summed E-state index contributed by atoms with van der Waals surface area (Å²) in [5, 5.41) is 0. The summed E-state index contributed by atoms with van der Waals surface area (Å²) >= 11 is 0. The number of nitrogens with two attached hydrogens (primary N) is 1. The number of hydrogen-bond donors (Lipinski definition) is 1. The van der Waals surface area contributed by atoms with Gasteiger partial charge in [-0.3, -0.25) is 0 Å². The predicted octanol–water partition coefficient (Wildman–Crippen LogP) is 1.48. The second kappa shape index (κ2) is 4.59. The fraction of sp³-hybridized carbons (Fsp3) is 0.364. The molecule has 1 aromatic heterocycles. The molecule has 0 aliphatic heterocycles. The molecule has 0 fully saturated rings. The van der Waals surface area contributed by atoms with Crippen molar-refractivity contribution in [2.75, 3.05) is 13.7 Å². The largest absolute Gasteiger partial charge is 0.440 e. The Morgan fingerprint density at radius 1 is 1.56 bits per heavy atom. The van der Waals surface area contributed by atoms with E-state index >= 15 is 0 Å². The third kappa shape index (κ3) is 2.20.